The van der Waals surface area contributed by atoms with Crippen LogP contribution in [0, 0.1) is 5.92 Å². The number of nitrogens with two attached hydrogens (primary N) is 1. The summed E-state index contributed by atoms with van der Waals surface area (Å²) in [5.41, 5.74) is 7.58. The number of carbonyl (C=O) groups excluding carboxylic acids is 5. The fourth-order valence-corrected chi connectivity index (χ4v) is 6.98. The standard InChI is InChI=1S/C43H53N9O13/c1-22(2)33(49-42(62)65-21-29-27-10-5-3-8-25(27)26-9-4-6-11-28(26)29)38(58)48-30(12-7-17-45-40(44)60)37(57)47-24-15-13-23(14-16-24)20-64-43(63)50-34-36(51-41(61)52-39(34)59)46-18-31(54)35(56)32(55)19-53/h3-6,8-11,13-16,22,29-33,35,53-56H,7,12,17-21H2,1-2H3,(H,47,57)(H,48,58)(H,49,62)(H,50,63)(H3,44,45,60)(H3,46,51,52,59,61). The van der Waals surface area contributed by atoms with Crippen LogP contribution in [0.1, 0.15) is 49.3 Å². The smallest absolute Gasteiger partial charge is 0.412 e. The minimum atomic E-state index is -1.78. The third-order valence-corrected chi connectivity index (χ3v) is 10.4. The number of alkyl carbamates (subject to hydrolysis) is 1. The van der Waals surface area contributed by atoms with Gasteiger partial charge in [0, 0.05) is 24.7 Å². The van der Waals surface area contributed by atoms with Crippen LogP contribution in [-0.4, -0.2) is 117 Å². The molecule has 0 spiro atoms. The van der Waals surface area contributed by atoms with Gasteiger partial charge in [0.2, 0.25) is 11.8 Å². The van der Waals surface area contributed by atoms with Gasteiger partial charge >= 0.3 is 23.9 Å². The van der Waals surface area contributed by atoms with E-state index in [0.29, 0.717) is 11.3 Å². The van der Waals surface area contributed by atoms with Gasteiger partial charge in [0.1, 0.15) is 43.3 Å². The van der Waals surface area contributed by atoms with Gasteiger partial charge in [-0.2, -0.15) is 0 Å². The zero-order valence-corrected chi connectivity index (χ0v) is 35.5. The van der Waals surface area contributed by atoms with E-state index in [9.17, 15) is 48.9 Å². The van der Waals surface area contributed by atoms with E-state index in [2.05, 4.69) is 36.9 Å². The number of rotatable bonds is 21. The quantitative estimate of drug-likeness (QED) is 0.0513. The lowest BCUT2D eigenvalue weighted by molar-refractivity contribution is -0.128. The van der Waals surface area contributed by atoms with Gasteiger partial charge in [0.15, 0.2) is 5.69 Å². The van der Waals surface area contributed by atoms with Crippen molar-refractivity contribution < 1.29 is 53.9 Å². The molecule has 0 saturated carbocycles. The Labute approximate surface area is 371 Å². The lowest BCUT2D eigenvalue weighted by Gasteiger charge is -2.25. The van der Waals surface area contributed by atoms with Crippen molar-refractivity contribution >= 4 is 47.2 Å². The van der Waals surface area contributed by atoms with E-state index >= 15 is 0 Å². The third kappa shape index (κ3) is 13.4. The van der Waals surface area contributed by atoms with E-state index in [-0.39, 0.29) is 44.3 Å². The van der Waals surface area contributed by atoms with E-state index in [0.717, 1.165) is 22.3 Å². The molecule has 22 nitrogen and oxygen atoms in total. The first-order chi connectivity index (χ1) is 31.1. The number of aliphatic hydroxyl groups is 4. The van der Waals surface area contributed by atoms with Crippen LogP contribution in [0.3, 0.4) is 0 Å². The van der Waals surface area contributed by atoms with Crippen LogP contribution in [0.15, 0.2) is 82.4 Å². The van der Waals surface area contributed by atoms with Gasteiger partial charge in [-0.25, -0.2) is 19.2 Å². The van der Waals surface area contributed by atoms with Crippen molar-refractivity contribution in [2.45, 2.75) is 69.6 Å². The number of hydrogen-bond donors (Lipinski definition) is 13. The van der Waals surface area contributed by atoms with Crippen LogP contribution in [0.4, 0.5) is 31.6 Å². The predicted molar refractivity (Wildman–Crippen MR) is 236 cm³/mol. The number of primary amides is 1. The molecule has 1 aliphatic rings. The van der Waals surface area contributed by atoms with Crippen molar-refractivity contribution in [1.29, 1.82) is 0 Å². The summed E-state index contributed by atoms with van der Waals surface area (Å²) in [7, 11) is 0. The number of aromatic amines is 2. The van der Waals surface area contributed by atoms with Gasteiger partial charge in [-0.15, -0.1) is 0 Å². The number of carbonyl (C=O) groups is 5. The molecule has 0 aliphatic heterocycles. The van der Waals surface area contributed by atoms with Crippen LogP contribution in [0.2, 0.25) is 0 Å². The number of H-pyrrole nitrogens is 2. The Hall–Kier alpha value is -7.27. The fraction of sp³-hybridized carbons (Fsp3) is 0.372. The highest BCUT2D eigenvalue weighted by atomic mass is 16.6. The molecule has 1 aromatic heterocycles. The Kier molecular flexibility index (Phi) is 17.2. The zero-order chi connectivity index (χ0) is 47.2. The number of benzene rings is 3. The molecule has 1 heterocycles. The van der Waals surface area contributed by atoms with Gasteiger partial charge in [-0.05, 0) is 58.7 Å². The molecule has 4 aromatic rings. The summed E-state index contributed by atoms with van der Waals surface area (Å²) >= 11 is 0. The average Bonchev–Trinajstić information content (AvgIpc) is 3.60. The Morgan fingerprint density at radius 3 is 2.05 bits per heavy atom. The van der Waals surface area contributed by atoms with E-state index in [1.165, 1.54) is 24.3 Å². The molecule has 14 N–H and O–H groups in total. The maximum Gasteiger partial charge on any atom is 0.412 e. The van der Waals surface area contributed by atoms with Crippen molar-refractivity contribution in [1.82, 2.24) is 25.9 Å². The topological polar surface area (TPSA) is 349 Å². The van der Waals surface area contributed by atoms with Gasteiger partial charge in [0.25, 0.3) is 5.56 Å². The number of hydrogen-bond acceptors (Lipinski definition) is 14. The maximum absolute atomic E-state index is 13.7. The molecule has 1 aliphatic carbocycles. The van der Waals surface area contributed by atoms with Gasteiger partial charge in [0.05, 0.1) is 12.7 Å². The second kappa shape index (κ2) is 22.9. The summed E-state index contributed by atoms with van der Waals surface area (Å²) in [5.74, 6) is -2.25. The lowest BCUT2D eigenvalue weighted by Crippen LogP contribution is -2.54. The summed E-state index contributed by atoms with van der Waals surface area (Å²) in [5, 5.41) is 53.7. The number of ether oxygens (including phenoxy) is 2. The molecular weight excluding hydrogens is 851 g/mol. The monoisotopic (exact) mass is 903 g/mol. The Morgan fingerprint density at radius 2 is 1.43 bits per heavy atom. The number of fused-ring (bicyclic) bond motifs is 3. The van der Waals surface area contributed by atoms with Crippen molar-refractivity contribution in [2.24, 2.45) is 11.7 Å². The number of amides is 6. The largest absolute Gasteiger partial charge is 0.449 e. The Morgan fingerprint density at radius 1 is 0.785 bits per heavy atom. The summed E-state index contributed by atoms with van der Waals surface area (Å²) < 4.78 is 10.9. The molecule has 0 saturated heterocycles. The highest BCUT2D eigenvalue weighted by Crippen LogP contribution is 2.44. The van der Waals surface area contributed by atoms with Crippen LogP contribution >= 0.6 is 0 Å². The Balaban J connectivity index is 1.17. The molecular formula is C43H53N9O13. The number of urea groups is 1. The molecule has 22 heteroatoms. The first kappa shape index (κ1) is 48.8. The van der Waals surface area contributed by atoms with E-state index < -0.39 is 96.4 Å². The van der Waals surface area contributed by atoms with Crippen LogP contribution in [0.5, 0.6) is 0 Å². The summed E-state index contributed by atoms with van der Waals surface area (Å²) in [6.07, 6.45) is -6.74. The van der Waals surface area contributed by atoms with Crippen LogP contribution in [-0.2, 0) is 25.7 Å². The normalized spacial score (nSPS) is 14.1. The van der Waals surface area contributed by atoms with E-state index in [4.69, 9.17) is 20.3 Å². The summed E-state index contributed by atoms with van der Waals surface area (Å²) in [6.45, 7) is 1.89. The third-order valence-electron chi connectivity index (χ3n) is 10.4. The molecule has 0 fully saturated rings. The van der Waals surface area contributed by atoms with Gasteiger partial charge in [-0.1, -0.05) is 74.5 Å². The highest BCUT2D eigenvalue weighted by Gasteiger charge is 2.32. The first-order valence-electron chi connectivity index (χ1n) is 20.6. The molecule has 5 atom stereocenters. The average molecular weight is 904 g/mol. The molecule has 65 heavy (non-hydrogen) atoms. The molecule has 348 valence electrons. The van der Waals surface area contributed by atoms with E-state index in [1.54, 1.807) is 13.8 Å². The van der Waals surface area contributed by atoms with Gasteiger partial charge < -0.3 is 62.2 Å². The van der Waals surface area contributed by atoms with E-state index in [1.807, 2.05) is 53.5 Å². The number of aromatic nitrogens is 2. The molecule has 0 radical (unpaired) electrons. The molecule has 6 amide bonds. The maximum atomic E-state index is 13.7. The van der Waals surface area contributed by atoms with Gasteiger partial charge in [-0.3, -0.25) is 29.7 Å². The first-order valence-corrected chi connectivity index (χ1v) is 20.6. The minimum Gasteiger partial charge on any atom is -0.449 e. The number of anilines is 3. The molecule has 5 unspecified atom stereocenters. The lowest BCUT2D eigenvalue weighted by atomic mass is 9.98. The second-order valence-corrected chi connectivity index (χ2v) is 15.4. The SMILES string of the molecule is CC(C)C(NC(=O)OCC1c2ccccc2-c2ccccc21)C(=O)NC(CCCNC(N)=O)C(=O)Nc1ccc(COC(=O)Nc2c(NCC(O)C(O)C(O)CO)[nH]c(=O)[nH]c2=O)cc1. The van der Waals surface area contributed by atoms with Crippen molar-refractivity contribution in [3.8, 4) is 11.1 Å². The zero-order valence-electron chi connectivity index (χ0n) is 35.5. The van der Waals surface area contributed by atoms with Crippen LogP contribution < -0.4 is 48.9 Å². The van der Waals surface area contributed by atoms with Crippen molar-refractivity contribution in [3.05, 3.63) is 110 Å². The second-order valence-electron chi connectivity index (χ2n) is 15.4. The minimum absolute atomic E-state index is 0.0273. The van der Waals surface area contributed by atoms with Crippen molar-refractivity contribution in [3.63, 3.8) is 0 Å². The fourth-order valence-electron chi connectivity index (χ4n) is 6.98. The summed E-state index contributed by atoms with van der Waals surface area (Å²) in [6, 6.07) is 18.8. The Bertz CT molecular complexity index is 2380. The molecule has 5 rings (SSSR count). The number of nitrogens with one attached hydrogen (secondary N) is 8. The van der Waals surface area contributed by atoms with Crippen molar-refractivity contribution in [2.75, 3.05) is 42.3 Å². The molecule has 0 bridgehead atoms. The predicted octanol–water partition coefficient (Wildman–Crippen LogP) is 0.734. The summed E-state index contributed by atoms with van der Waals surface area (Å²) in [4.78, 5) is 93.0. The van der Waals surface area contributed by atoms with Crippen LogP contribution in [0.25, 0.3) is 11.1 Å². The molecule has 3 aromatic carbocycles. The number of aliphatic hydroxyl groups excluding tert-OH is 4. The highest BCUT2D eigenvalue weighted by molar-refractivity contribution is 5.98.